The quantitative estimate of drug-likeness (QED) is 0.589. The largest absolute Gasteiger partial charge is 0.335 e. The Morgan fingerprint density at radius 3 is 2.73 bits per heavy atom. The van der Waals surface area contributed by atoms with Crippen LogP contribution in [0.3, 0.4) is 0 Å². The van der Waals surface area contributed by atoms with Crippen molar-refractivity contribution in [2.75, 3.05) is 0 Å². The highest BCUT2D eigenvalue weighted by Gasteiger charge is 2.14. The Kier molecular flexibility index (Phi) is 3.62. The molecule has 0 fully saturated rings. The van der Waals surface area contributed by atoms with Crippen LogP contribution in [-0.2, 0) is 11.3 Å². The fourth-order valence-electron chi connectivity index (χ4n) is 1.06. The summed E-state index contributed by atoms with van der Waals surface area (Å²) < 4.78 is 0. The van der Waals surface area contributed by atoms with Crippen molar-refractivity contribution in [2.45, 2.75) is 13.3 Å². The molecule has 0 aliphatic heterocycles. The van der Waals surface area contributed by atoms with Crippen molar-refractivity contribution in [1.82, 2.24) is 0 Å². The SMILES string of the molecule is CCc1ccc(C(=O)O[N+](=O)[O-])c(Cl)c1. The van der Waals surface area contributed by atoms with Gasteiger partial charge in [-0.15, -0.1) is 10.1 Å². The van der Waals surface area contributed by atoms with Crippen LogP contribution in [0.4, 0.5) is 0 Å². The van der Waals surface area contributed by atoms with E-state index in [-0.39, 0.29) is 10.6 Å². The number of rotatable bonds is 3. The number of hydrogen-bond acceptors (Lipinski definition) is 4. The van der Waals surface area contributed by atoms with Gasteiger partial charge in [0, 0.05) is 0 Å². The van der Waals surface area contributed by atoms with Gasteiger partial charge in [-0.3, -0.25) is 4.79 Å². The average molecular weight is 230 g/mol. The molecule has 15 heavy (non-hydrogen) atoms. The summed E-state index contributed by atoms with van der Waals surface area (Å²) in [7, 11) is 0. The zero-order valence-electron chi connectivity index (χ0n) is 7.90. The lowest BCUT2D eigenvalue weighted by atomic mass is 10.1. The van der Waals surface area contributed by atoms with E-state index in [1.807, 2.05) is 6.92 Å². The molecule has 0 saturated heterocycles. The number of benzene rings is 1. The number of nitrogens with zero attached hydrogens (tertiary/aromatic N) is 1. The Morgan fingerprint density at radius 2 is 2.27 bits per heavy atom. The lowest BCUT2D eigenvalue weighted by Gasteiger charge is -2.03. The molecule has 0 aromatic heterocycles. The Hall–Kier alpha value is -1.62. The van der Waals surface area contributed by atoms with Crippen LogP contribution in [0.1, 0.15) is 22.8 Å². The molecule has 0 radical (unpaired) electrons. The summed E-state index contributed by atoms with van der Waals surface area (Å²) in [5.41, 5.74) is 0.934. The number of carbonyl (C=O) groups excluding carboxylic acids is 1. The summed E-state index contributed by atoms with van der Waals surface area (Å²) in [5, 5.41) is 8.93. The monoisotopic (exact) mass is 229 g/mol. The van der Waals surface area contributed by atoms with E-state index in [2.05, 4.69) is 4.84 Å². The average Bonchev–Trinajstić information content (AvgIpc) is 2.16. The summed E-state index contributed by atoms with van der Waals surface area (Å²) in [5.74, 6) is -1.06. The summed E-state index contributed by atoms with van der Waals surface area (Å²) in [6.07, 6.45) is 0.768. The van der Waals surface area contributed by atoms with E-state index in [0.717, 1.165) is 12.0 Å². The fourth-order valence-corrected chi connectivity index (χ4v) is 1.34. The number of hydrogen-bond donors (Lipinski definition) is 0. The van der Waals surface area contributed by atoms with Crippen molar-refractivity contribution in [1.29, 1.82) is 0 Å². The summed E-state index contributed by atoms with van der Waals surface area (Å²) in [6.45, 7) is 1.93. The molecular formula is C9H8ClNO4. The van der Waals surface area contributed by atoms with Gasteiger partial charge in [-0.05, 0) is 24.1 Å². The van der Waals surface area contributed by atoms with E-state index >= 15 is 0 Å². The highest BCUT2D eigenvalue weighted by molar-refractivity contribution is 6.33. The summed E-state index contributed by atoms with van der Waals surface area (Å²) in [6, 6.07) is 4.66. The third-order valence-corrected chi connectivity index (χ3v) is 2.13. The minimum atomic E-state index is -1.16. The maximum absolute atomic E-state index is 11.1. The lowest BCUT2D eigenvalue weighted by Crippen LogP contribution is -2.11. The maximum atomic E-state index is 11.1. The molecule has 0 unspecified atom stereocenters. The normalized spacial score (nSPS) is 9.73. The van der Waals surface area contributed by atoms with Crippen molar-refractivity contribution < 1.29 is 14.7 Å². The van der Waals surface area contributed by atoms with Crippen LogP contribution in [0.15, 0.2) is 18.2 Å². The molecule has 0 aliphatic rings. The summed E-state index contributed by atoms with van der Waals surface area (Å²) >= 11 is 5.76. The molecule has 1 aromatic carbocycles. The Morgan fingerprint density at radius 1 is 1.60 bits per heavy atom. The number of carbonyl (C=O) groups is 1. The zero-order valence-corrected chi connectivity index (χ0v) is 8.65. The standard InChI is InChI=1S/C9H8ClNO4/c1-2-6-3-4-7(8(10)5-6)9(12)15-11(13)14/h3-5H,2H2,1H3. The van der Waals surface area contributed by atoms with Crippen LogP contribution < -0.4 is 0 Å². The summed E-state index contributed by atoms with van der Waals surface area (Å²) in [4.78, 5) is 24.9. The highest BCUT2D eigenvalue weighted by atomic mass is 35.5. The first-order valence-electron chi connectivity index (χ1n) is 4.19. The second kappa shape index (κ2) is 4.75. The van der Waals surface area contributed by atoms with Gasteiger partial charge in [0.2, 0.25) is 0 Å². The van der Waals surface area contributed by atoms with E-state index < -0.39 is 11.1 Å². The zero-order chi connectivity index (χ0) is 11.4. The van der Waals surface area contributed by atoms with Crippen molar-refractivity contribution >= 4 is 17.6 Å². The van der Waals surface area contributed by atoms with Crippen LogP contribution in [0, 0.1) is 10.1 Å². The third kappa shape index (κ3) is 2.92. The van der Waals surface area contributed by atoms with E-state index in [0.29, 0.717) is 0 Å². The van der Waals surface area contributed by atoms with Gasteiger partial charge in [0.15, 0.2) is 0 Å². The van der Waals surface area contributed by atoms with Gasteiger partial charge in [-0.2, -0.15) is 0 Å². The minimum Gasteiger partial charge on any atom is -0.262 e. The molecule has 0 heterocycles. The van der Waals surface area contributed by atoms with Crippen molar-refractivity contribution in [3.8, 4) is 0 Å². The molecule has 0 spiro atoms. The van der Waals surface area contributed by atoms with Crippen molar-refractivity contribution in [3.05, 3.63) is 44.5 Å². The molecule has 0 bridgehead atoms. The molecule has 80 valence electrons. The third-order valence-electron chi connectivity index (χ3n) is 1.82. The first-order valence-corrected chi connectivity index (χ1v) is 4.57. The van der Waals surface area contributed by atoms with E-state index in [1.54, 1.807) is 12.1 Å². The number of halogens is 1. The Labute approximate surface area is 90.7 Å². The second-order valence-corrected chi connectivity index (χ2v) is 3.18. The molecule has 0 amide bonds. The molecule has 1 rings (SSSR count). The predicted octanol–water partition coefficient (Wildman–Crippen LogP) is 2.25. The Balaban J connectivity index is 2.95. The minimum absolute atomic E-state index is 0.00873. The topological polar surface area (TPSA) is 69.4 Å². The smallest absolute Gasteiger partial charge is 0.262 e. The molecule has 0 aliphatic carbocycles. The fraction of sp³-hybridized carbons (Fsp3) is 0.222. The highest BCUT2D eigenvalue weighted by Crippen LogP contribution is 2.19. The molecule has 0 N–H and O–H groups in total. The van der Waals surface area contributed by atoms with Gasteiger partial charge < -0.3 is 0 Å². The first kappa shape index (κ1) is 11.5. The van der Waals surface area contributed by atoms with Gasteiger partial charge in [0.05, 0.1) is 10.6 Å². The lowest BCUT2D eigenvalue weighted by molar-refractivity contribution is -0.727. The van der Waals surface area contributed by atoms with Crippen LogP contribution in [0.5, 0.6) is 0 Å². The molecule has 0 saturated carbocycles. The van der Waals surface area contributed by atoms with Gasteiger partial charge in [0.1, 0.15) is 0 Å². The molecular weight excluding hydrogens is 222 g/mol. The molecule has 5 nitrogen and oxygen atoms in total. The van der Waals surface area contributed by atoms with Gasteiger partial charge >= 0.3 is 11.1 Å². The predicted molar refractivity (Wildman–Crippen MR) is 53.2 cm³/mol. The maximum Gasteiger partial charge on any atom is 0.335 e. The van der Waals surface area contributed by atoms with Gasteiger partial charge in [-0.25, -0.2) is 4.84 Å². The van der Waals surface area contributed by atoms with E-state index in [9.17, 15) is 14.9 Å². The van der Waals surface area contributed by atoms with Gasteiger partial charge in [0.25, 0.3) is 0 Å². The van der Waals surface area contributed by atoms with Crippen LogP contribution in [0.2, 0.25) is 5.02 Å². The van der Waals surface area contributed by atoms with Crippen LogP contribution in [0.25, 0.3) is 0 Å². The number of aryl methyl sites for hydroxylation is 1. The van der Waals surface area contributed by atoms with Crippen molar-refractivity contribution in [2.24, 2.45) is 0 Å². The molecule has 6 heteroatoms. The Bertz CT molecular complexity index is 405. The second-order valence-electron chi connectivity index (χ2n) is 2.77. The van der Waals surface area contributed by atoms with Crippen molar-refractivity contribution in [3.63, 3.8) is 0 Å². The molecule has 0 atom stereocenters. The van der Waals surface area contributed by atoms with Gasteiger partial charge in [-0.1, -0.05) is 24.6 Å². The molecule has 1 aromatic rings. The van der Waals surface area contributed by atoms with E-state index in [4.69, 9.17) is 11.6 Å². The van der Waals surface area contributed by atoms with Crippen LogP contribution in [-0.4, -0.2) is 11.1 Å². The van der Waals surface area contributed by atoms with Crippen LogP contribution >= 0.6 is 11.6 Å². The van der Waals surface area contributed by atoms with E-state index in [1.165, 1.54) is 6.07 Å². The first-order chi connectivity index (χ1) is 7.04.